The first-order valence-corrected chi connectivity index (χ1v) is 8.34. The van der Waals surface area contributed by atoms with Crippen LogP contribution in [0.4, 0.5) is 14.5 Å². The minimum atomic E-state index is -1.38. The van der Waals surface area contributed by atoms with Gasteiger partial charge in [0.15, 0.2) is 0 Å². The first-order valence-electron chi connectivity index (χ1n) is 8.34. The summed E-state index contributed by atoms with van der Waals surface area (Å²) < 4.78 is 28.9. The number of hydrogen-bond acceptors (Lipinski definition) is 4. The van der Waals surface area contributed by atoms with Gasteiger partial charge in [-0.2, -0.15) is 0 Å². The van der Waals surface area contributed by atoms with Gasteiger partial charge in [-0.25, -0.2) is 8.78 Å². The number of hydrogen-bond donors (Lipinski definition) is 4. The summed E-state index contributed by atoms with van der Waals surface area (Å²) in [6, 6.07) is 6.78. The van der Waals surface area contributed by atoms with Crippen molar-refractivity contribution in [2.45, 2.75) is 18.5 Å². The van der Waals surface area contributed by atoms with E-state index in [0.717, 1.165) is 19.0 Å². The number of primary amides is 1. The van der Waals surface area contributed by atoms with Crippen LogP contribution in [-0.4, -0.2) is 24.7 Å². The first kappa shape index (κ1) is 18.0. The minimum absolute atomic E-state index is 0.0565. The molecule has 3 rings (SSSR count). The van der Waals surface area contributed by atoms with Crippen molar-refractivity contribution in [3.8, 4) is 0 Å². The van der Waals surface area contributed by atoms with E-state index in [1.54, 1.807) is 24.3 Å². The molecule has 1 aromatic rings. The molecule has 1 atom stereocenters. The Bertz CT molecular complexity index is 818. The lowest BCUT2D eigenvalue weighted by Gasteiger charge is -2.30. The summed E-state index contributed by atoms with van der Waals surface area (Å²) in [7, 11) is 0. The maximum absolute atomic E-state index is 14.9. The van der Waals surface area contributed by atoms with Crippen LogP contribution < -0.4 is 16.4 Å². The Kier molecular flexibility index (Phi) is 4.99. The first-order chi connectivity index (χ1) is 12.4. The van der Waals surface area contributed by atoms with Crippen molar-refractivity contribution >= 4 is 17.3 Å². The van der Waals surface area contributed by atoms with E-state index in [2.05, 4.69) is 10.6 Å². The summed E-state index contributed by atoms with van der Waals surface area (Å²) in [5, 5.41) is 13.8. The molecule has 26 heavy (non-hydrogen) atoms. The monoisotopic (exact) mass is 358 g/mol. The largest absolute Gasteiger partial charge is 0.366 e. The van der Waals surface area contributed by atoms with Gasteiger partial charge in [0.1, 0.15) is 11.5 Å². The van der Waals surface area contributed by atoms with Crippen molar-refractivity contribution in [2.24, 2.45) is 5.73 Å². The molecule has 136 valence electrons. The van der Waals surface area contributed by atoms with Gasteiger partial charge in [0.25, 0.3) is 5.91 Å². The number of amides is 1. The van der Waals surface area contributed by atoms with E-state index >= 15 is 0 Å². The standard InChI is InChI=1S/C19H20F2N4O/c20-16-7-6-14(18(23)26)17(22)15(16)10-25-13-4-2-12(3-5-13)19(21)8-1-9-24-11-19/h2-7,10,22,24-25H,1,8-9,11H2,(H2,23,26)/b15-10-,22-17?/t19-/m1/s1. The SMILES string of the molecule is N=C1C(C(N)=O)=CC=C(F)/C1=C/Nc1ccc([C@@]2(F)CCCNC2)cc1. The highest BCUT2D eigenvalue weighted by Crippen LogP contribution is 2.33. The van der Waals surface area contributed by atoms with Crippen molar-refractivity contribution in [3.05, 3.63) is 65.2 Å². The second kappa shape index (κ2) is 7.21. The zero-order chi connectivity index (χ0) is 18.7. The van der Waals surface area contributed by atoms with Gasteiger partial charge < -0.3 is 16.4 Å². The molecule has 0 bridgehead atoms. The van der Waals surface area contributed by atoms with Crippen molar-refractivity contribution in [1.29, 1.82) is 5.41 Å². The van der Waals surface area contributed by atoms with E-state index in [-0.39, 0.29) is 16.9 Å². The van der Waals surface area contributed by atoms with Gasteiger partial charge in [-0.1, -0.05) is 12.1 Å². The number of piperidine rings is 1. The molecule has 1 fully saturated rings. The summed E-state index contributed by atoms with van der Waals surface area (Å²) in [6.07, 6.45) is 4.84. The van der Waals surface area contributed by atoms with Crippen LogP contribution in [0.3, 0.4) is 0 Å². The van der Waals surface area contributed by atoms with Crippen molar-refractivity contribution in [3.63, 3.8) is 0 Å². The molecule has 1 amide bonds. The number of allylic oxidation sites excluding steroid dienone is 4. The van der Waals surface area contributed by atoms with Crippen LogP contribution >= 0.6 is 0 Å². The molecule has 2 aliphatic rings. The molecule has 0 unspecified atom stereocenters. The van der Waals surface area contributed by atoms with Gasteiger partial charge >= 0.3 is 0 Å². The normalized spacial score (nSPS) is 24.8. The summed E-state index contributed by atoms with van der Waals surface area (Å²) in [6.45, 7) is 1.12. The zero-order valence-corrected chi connectivity index (χ0v) is 14.1. The number of anilines is 1. The van der Waals surface area contributed by atoms with Gasteiger partial charge in [0.05, 0.1) is 16.9 Å². The van der Waals surface area contributed by atoms with Gasteiger partial charge in [-0.05, 0) is 49.2 Å². The average Bonchev–Trinajstić information content (AvgIpc) is 2.62. The Morgan fingerprint density at radius 2 is 2.04 bits per heavy atom. The lowest BCUT2D eigenvalue weighted by molar-refractivity contribution is -0.114. The number of nitrogens with one attached hydrogen (secondary N) is 3. The van der Waals surface area contributed by atoms with Crippen LogP contribution in [0, 0.1) is 5.41 Å². The lowest BCUT2D eigenvalue weighted by atomic mass is 9.88. The highest BCUT2D eigenvalue weighted by Gasteiger charge is 2.33. The lowest BCUT2D eigenvalue weighted by Crippen LogP contribution is -2.40. The molecule has 1 saturated heterocycles. The molecule has 1 heterocycles. The highest BCUT2D eigenvalue weighted by molar-refractivity contribution is 6.28. The molecule has 1 aliphatic carbocycles. The number of alkyl halides is 1. The smallest absolute Gasteiger partial charge is 0.250 e. The topological polar surface area (TPSA) is 91.0 Å². The van der Waals surface area contributed by atoms with E-state index in [4.69, 9.17) is 11.1 Å². The van der Waals surface area contributed by atoms with Crippen LogP contribution in [0.15, 0.2) is 59.6 Å². The Hall–Kier alpha value is -2.80. The summed E-state index contributed by atoms with van der Waals surface area (Å²) in [5.41, 5.74) is 4.61. The molecular formula is C19H20F2N4O. The number of rotatable bonds is 4. The Labute approximate surface area is 150 Å². The van der Waals surface area contributed by atoms with E-state index in [9.17, 15) is 13.6 Å². The summed E-state index contributed by atoms with van der Waals surface area (Å²) >= 11 is 0. The molecule has 0 saturated carbocycles. The molecule has 1 aliphatic heterocycles. The average molecular weight is 358 g/mol. The Morgan fingerprint density at radius 1 is 1.31 bits per heavy atom. The minimum Gasteiger partial charge on any atom is -0.366 e. The van der Waals surface area contributed by atoms with Gasteiger partial charge in [-0.3, -0.25) is 10.2 Å². The van der Waals surface area contributed by atoms with E-state index in [1.165, 1.54) is 12.3 Å². The number of halogens is 2. The Morgan fingerprint density at radius 3 is 2.65 bits per heavy atom. The van der Waals surface area contributed by atoms with Crippen molar-refractivity contribution < 1.29 is 13.6 Å². The van der Waals surface area contributed by atoms with Gasteiger partial charge in [0, 0.05) is 18.4 Å². The fraction of sp³-hybridized carbons (Fsp3) is 0.263. The maximum Gasteiger partial charge on any atom is 0.250 e. The maximum atomic E-state index is 14.9. The summed E-state index contributed by atoms with van der Waals surface area (Å²) in [5.74, 6) is -1.43. The number of carbonyl (C=O) groups is 1. The van der Waals surface area contributed by atoms with Crippen LogP contribution in [-0.2, 0) is 10.5 Å². The molecule has 1 aromatic carbocycles. The van der Waals surface area contributed by atoms with Crippen LogP contribution in [0.5, 0.6) is 0 Å². The second-order valence-corrected chi connectivity index (χ2v) is 6.36. The molecule has 5 N–H and O–H groups in total. The fourth-order valence-corrected chi connectivity index (χ4v) is 3.08. The Balaban J connectivity index is 1.74. The van der Waals surface area contributed by atoms with Crippen LogP contribution in [0.1, 0.15) is 18.4 Å². The molecular weight excluding hydrogens is 338 g/mol. The van der Waals surface area contributed by atoms with Crippen LogP contribution in [0.25, 0.3) is 0 Å². The van der Waals surface area contributed by atoms with Crippen molar-refractivity contribution in [2.75, 3.05) is 18.4 Å². The van der Waals surface area contributed by atoms with Gasteiger partial charge in [-0.15, -0.1) is 0 Å². The number of carbonyl (C=O) groups excluding carboxylic acids is 1. The van der Waals surface area contributed by atoms with Gasteiger partial charge in [0.2, 0.25) is 0 Å². The number of nitrogens with two attached hydrogens (primary N) is 1. The third-order valence-electron chi connectivity index (χ3n) is 4.57. The third-order valence-corrected chi connectivity index (χ3v) is 4.57. The second-order valence-electron chi connectivity index (χ2n) is 6.36. The molecule has 5 nitrogen and oxygen atoms in total. The zero-order valence-electron chi connectivity index (χ0n) is 14.1. The molecule has 0 aromatic heterocycles. The predicted octanol–water partition coefficient (Wildman–Crippen LogP) is 2.83. The molecule has 0 spiro atoms. The third kappa shape index (κ3) is 3.57. The van der Waals surface area contributed by atoms with E-state index < -0.39 is 17.4 Å². The fourth-order valence-electron chi connectivity index (χ4n) is 3.08. The van der Waals surface area contributed by atoms with Crippen molar-refractivity contribution in [1.82, 2.24) is 5.32 Å². The van der Waals surface area contributed by atoms with E-state index in [1.807, 2.05) is 0 Å². The highest BCUT2D eigenvalue weighted by atomic mass is 19.1. The molecule has 0 radical (unpaired) electrons. The summed E-state index contributed by atoms with van der Waals surface area (Å²) in [4.78, 5) is 11.3. The quantitative estimate of drug-likeness (QED) is 0.667. The van der Waals surface area contributed by atoms with Crippen LogP contribution in [0.2, 0.25) is 0 Å². The predicted molar refractivity (Wildman–Crippen MR) is 97.2 cm³/mol. The number of benzene rings is 1. The van der Waals surface area contributed by atoms with E-state index in [0.29, 0.717) is 24.2 Å². The molecule has 7 heteroatoms.